The molecule has 1 amide bonds. The van der Waals surface area contributed by atoms with Gasteiger partial charge in [-0.05, 0) is 31.0 Å². The Labute approximate surface area is 167 Å². The molecule has 2 atom stereocenters. The van der Waals surface area contributed by atoms with Crippen molar-refractivity contribution in [3.8, 4) is 5.75 Å². The second kappa shape index (κ2) is 8.33. The van der Waals surface area contributed by atoms with Crippen molar-refractivity contribution in [3.63, 3.8) is 0 Å². The number of rotatable bonds is 5. The van der Waals surface area contributed by atoms with E-state index in [1.54, 1.807) is 7.11 Å². The Morgan fingerprint density at radius 1 is 1.07 bits per heavy atom. The summed E-state index contributed by atoms with van der Waals surface area (Å²) in [6, 6.07) is 19.0. The number of hydrogen-bond acceptors (Lipinski definition) is 4. The van der Waals surface area contributed by atoms with Crippen LogP contribution >= 0.6 is 0 Å². The first-order valence-corrected chi connectivity index (χ1v) is 10.1. The number of carbonyl (C=O) groups is 1. The Kier molecular flexibility index (Phi) is 5.64. The molecule has 2 aliphatic heterocycles. The van der Waals surface area contributed by atoms with Gasteiger partial charge in [-0.15, -0.1) is 0 Å². The summed E-state index contributed by atoms with van der Waals surface area (Å²) in [6.07, 6.45) is 1.13. The maximum atomic E-state index is 13.0. The molecule has 0 bridgehead atoms. The van der Waals surface area contributed by atoms with E-state index in [4.69, 9.17) is 4.74 Å². The second-order valence-electron chi connectivity index (χ2n) is 7.91. The molecular weight excluding hydrogens is 350 g/mol. The molecule has 0 N–H and O–H groups in total. The molecule has 5 heteroatoms. The number of hydrogen-bond donors (Lipinski definition) is 0. The van der Waals surface area contributed by atoms with Crippen LogP contribution in [0.2, 0.25) is 0 Å². The Balaban J connectivity index is 1.38. The van der Waals surface area contributed by atoms with Crippen LogP contribution in [0.15, 0.2) is 54.6 Å². The minimum absolute atomic E-state index is 0.150. The number of methoxy groups -OCH3 is 1. The monoisotopic (exact) mass is 379 g/mol. The molecule has 148 valence electrons. The molecule has 0 unspecified atom stereocenters. The Hall–Kier alpha value is -2.37. The van der Waals surface area contributed by atoms with Gasteiger partial charge in [-0.2, -0.15) is 0 Å². The number of piperazine rings is 1. The molecule has 0 aliphatic carbocycles. The predicted molar refractivity (Wildman–Crippen MR) is 112 cm³/mol. The van der Waals surface area contributed by atoms with Crippen molar-refractivity contribution in [3.05, 3.63) is 60.2 Å². The molecular formula is C23H29N3O2. The third-order valence-corrected chi connectivity index (χ3v) is 5.89. The molecule has 2 aromatic rings. The standard InChI is InChI=1S/C23H29N3O2/c1-18-14-25(17-23(27)26(18)20-9-6-10-22(13-20)28-2)21-11-12-24(16-21)15-19-7-4-3-5-8-19/h3-10,13,18,21H,11-12,14-17H2,1-2H3/t18-,21+/m1/s1. The van der Waals surface area contributed by atoms with Crippen LogP contribution in [-0.4, -0.2) is 61.1 Å². The van der Waals surface area contributed by atoms with Crippen LogP contribution in [0.1, 0.15) is 18.9 Å². The van der Waals surface area contributed by atoms with E-state index in [2.05, 4.69) is 47.1 Å². The number of carbonyl (C=O) groups excluding carboxylic acids is 1. The fourth-order valence-electron chi connectivity index (χ4n) is 4.51. The van der Waals surface area contributed by atoms with E-state index in [0.717, 1.165) is 44.0 Å². The van der Waals surface area contributed by atoms with E-state index in [1.165, 1.54) is 5.56 Å². The van der Waals surface area contributed by atoms with Gasteiger partial charge in [0.05, 0.1) is 13.7 Å². The number of ether oxygens (including phenoxy) is 1. The smallest absolute Gasteiger partial charge is 0.241 e. The second-order valence-corrected chi connectivity index (χ2v) is 7.91. The van der Waals surface area contributed by atoms with E-state index >= 15 is 0 Å². The zero-order valence-electron chi connectivity index (χ0n) is 16.8. The molecule has 2 saturated heterocycles. The fourth-order valence-corrected chi connectivity index (χ4v) is 4.51. The first kappa shape index (κ1) is 19.0. The van der Waals surface area contributed by atoms with Gasteiger partial charge < -0.3 is 9.64 Å². The quantitative estimate of drug-likeness (QED) is 0.800. The Morgan fingerprint density at radius 3 is 2.64 bits per heavy atom. The van der Waals surface area contributed by atoms with E-state index < -0.39 is 0 Å². The molecule has 0 radical (unpaired) electrons. The zero-order chi connectivity index (χ0) is 19.5. The lowest BCUT2D eigenvalue weighted by atomic mass is 10.1. The highest BCUT2D eigenvalue weighted by atomic mass is 16.5. The van der Waals surface area contributed by atoms with E-state index in [-0.39, 0.29) is 11.9 Å². The third kappa shape index (κ3) is 4.05. The average molecular weight is 380 g/mol. The van der Waals surface area contributed by atoms with Crippen LogP contribution in [0, 0.1) is 0 Å². The SMILES string of the molecule is COc1cccc(N2C(=O)CN([C@H]3CCN(Cc4ccccc4)C3)C[C@H]2C)c1. The molecule has 2 aromatic carbocycles. The van der Waals surface area contributed by atoms with Crippen molar-refractivity contribution in [1.82, 2.24) is 9.80 Å². The van der Waals surface area contributed by atoms with Crippen LogP contribution in [0.25, 0.3) is 0 Å². The summed E-state index contributed by atoms with van der Waals surface area (Å²) in [5.74, 6) is 0.959. The summed E-state index contributed by atoms with van der Waals surface area (Å²) in [7, 11) is 1.66. The third-order valence-electron chi connectivity index (χ3n) is 5.89. The summed E-state index contributed by atoms with van der Waals surface area (Å²) in [6.45, 7) is 6.66. The molecule has 0 aromatic heterocycles. The van der Waals surface area contributed by atoms with Crippen LogP contribution in [0.3, 0.4) is 0 Å². The molecule has 2 aliphatic rings. The van der Waals surface area contributed by atoms with E-state index in [1.807, 2.05) is 29.2 Å². The van der Waals surface area contributed by atoms with E-state index in [9.17, 15) is 4.79 Å². The summed E-state index contributed by atoms with van der Waals surface area (Å²) in [4.78, 5) is 19.8. The first-order chi connectivity index (χ1) is 13.6. The van der Waals surface area contributed by atoms with Gasteiger partial charge in [-0.25, -0.2) is 0 Å². The normalized spacial score (nSPS) is 23.9. The van der Waals surface area contributed by atoms with Crippen molar-refractivity contribution >= 4 is 11.6 Å². The van der Waals surface area contributed by atoms with E-state index in [0.29, 0.717) is 12.6 Å². The van der Waals surface area contributed by atoms with Crippen LogP contribution in [0.4, 0.5) is 5.69 Å². The van der Waals surface area contributed by atoms with Crippen molar-refractivity contribution in [2.45, 2.75) is 32.0 Å². The molecule has 2 heterocycles. The van der Waals surface area contributed by atoms with Crippen molar-refractivity contribution in [2.24, 2.45) is 0 Å². The largest absolute Gasteiger partial charge is 0.497 e. The molecule has 0 spiro atoms. The predicted octanol–water partition coefficient (Wildman–Crippen LogP) is 3.01. The number of amides is 1. The Bertz CT molecular complexity index is 811. The number of anilines is 1. The summed E-state index contributed by atoms with van der Waals surface area (Å²) >= 11 is 0. The van der Waals surface area contributed by atoms with Crippen LogP contribution < -0.4 is 9.64 Å². The van der Waals surface area contributed by atoms with Gasteiger partial charge in [0.25, 0.3) is 0 Å². The van der Waals surface area contributed by atoms with Gasteiger partial charge in [0.15, 0.2) is 0 Å². The number of benzene rings is 2. The fraction of sp³-hybridized carbons (Fsp3) is 0.435. The van der Waals surface area contributed by atoms with Gasteiger partial charge in [-0.1, -0.05) is 36.4 Å². The summed E-state index contributed by atoms with van der Waals surface area (Å²) < 4.78 is 5.33. The van der Waals surface area contributed by atoms with Crippen molar-refractivity contribution in [1.29, 1.82) is 0 Å². The number of nitrogens with zero attached hydrogens (tertiary/aromatic N) is 3. The maximum absolute atomic E-state index is 13.0. The lowest BCUT2D eigenvalue weighted by molar-refractivity contribution is -0.122. The summed E-state index contributed by atoms with van der Waals surface area (Å²) in [5.41, 5.74) is 2.28. The molecule has 4 rings (SSSR count). The minimum Gasteiger partial charge on any atom is -0.497 e. The van der Waals surface area contributed by atoms with Gasteiger partial charge >= 0.3 is 0 Å². The molecule has 0 saturated carbocycles. The van der Waals surface area contributed by atoms with Gasteiger partial charge in [0, 0.05) is 50.0 Å². The lowest BCUT2D eigenvalue weighted by Crippen LogP contribution is -2.58. The minimum atomic E-state index is 0.150. The summed E-state index contributed by atoms with van der Waals surface area (Å²) in [5, 5.41) is 0. The highest BCUT2D eigenvalue weighted by molar-refractivity contribution is 5.96. The highest BCUT2D eigenvalue weighted by Crippen LogP contribution is 2.27. The molecule has 5 nitrogen and oxygen atoms in total. The van der Waals surface area contributed by atoms with Crippen LogP contribution in [0.5, 0.6) is 5.75 Å². The molecule has 28 heavy (non-hydrogen) atoms. The highest BCUT2D eigenvalue weighted by Gasteiger charge is 2.36. The zero-order valence-corrected chi connectivity index (χ0v) is 16.8. The van der Waals surface area contributed by atoms with Crippen LogP contribution in [-0.2, 0) is 11.3 Å². The number of likely N-dealkylation sites (tertiary alicyclic amines) is 1. The van der Waals surface area contributed by atoms with Gasteiger partial charge in [0.2, 0.25) is 5.91 Å². The Morgan fingerprint density at radius 2 is 1.89 bits per heavy atom. The van der Waals surface area contributed by atoms with Gasteiger partial charge in [-0.3, -0.25) is 14.6 Å². The van der Waals surface area contributed by atoms with Crippen molar-refractivity contribution in [2.75, 3.05) is 38.2 Å². The maximum Gasteiger partial charge on any atom is 0.241 e. The van der Waals surface area contributed by atoms with Gasteiger partial charge in [0.1, 0.15) is 5.75 Å². The molecule has 2 fully saturated rings. The average Bonchev–Trinajstić information content (AvgIpc) is 3.17. The lowest BCUT2D eigenvalue weighted by Gasteiger charge is -2.42. The van der Waals surface area contributed by atoms with Crippen molar-refractivity contribution < 1.29 is 9.53 Å². The topological polar surface area (TPSA) is 36.0 Å². The first-order valence-electron chi connectivity index (χ1n) is 10.1.